The first-order chi connectivity index (χ1) is 10.2. The maximum absolute atomic E-state index is 9.32. The molecule has 102 valence electrons. The van der Waals surface area contributed by atoms with Gasteiger partial charge in [-0.1, -0.05) is 41.6 Å². The Labute approximate surface area is 123 Å². The lowest BCUT2D eigenvalue weighted by molar-refractivity contribution is 0.805. The molecule has 0 N–H and O–H groups in total. The van der Waals surface area contributed by atoms with Gasteiger partial charge in [-0.15, -0.1) is 5.10 Å². The van der Waals surface area contributed by atoms with Crippen LogP contribution in [0.2, 0.25) is 0 Å². The Bertz CT molecular complexity index is 840. The first kappa shape index (κ1) is 13.1. The number of hydrogen-bond acceptors (Lipinski definition) is 3. The summed E-state index contributed by atoms with van der Waals surface area (Å²) in [5.41, 5.74) is 5.18. The summed E-state index contributed by atoms with van der Waals surface area (Å²) in [7, 11) is 0. The molecule has 3 rings (SSSR count). The number of aryl methyl sites for hydroxylation is 2. The van der Waals surface area contributed by atoms with E-state index in [0.29, 0.717) is 5.69 Å². The van der Waals surface area contributed by atoms with Gasteiger partial charge in [-0.2, -0.15) is 5.26 Å². The van der Waals surface area contributed by atoms with Gasteiger partial charge in [0.1, 0.15) is 11.8 Å². The molecule has 0 amide bonds. The molecule has 21 heavy (non-hydrogen) atoms. The molecule has 0 aliphatic rings. The number of benzene rings is 2. The molecule has 0 fully saturated rings. The molecule has 3 aromatic rings. The van der Waals surface area contributed by atoms with E-state index in [2.05, 4.69) is 16.4 Å². The predicted molar refractivity (Wildman–Crippen MR) is 81.0 cm³/mol. The van der Waals surface area contributed by atoms with Crippen LogP contribution in [0.1, 0.15) is 16.8 Å². The average Bonchev–Trinajstić information content (AvgIpc) is 2.91. The third-order valence-electron chi connectivity index (χ3n) is 3.42. The SMILES string of the molecule is Cc1cccc(-n2nnc(C#N)c2-c2ccccc2C)c1. The Morgan fingerprint density at radius 3 is 2.57 bits per heavy atom. The number of hydrogen-bond donors (Lipinski definition) is 0. The predicted octanol–water partition coefficient (Wildman–Crippen LogP) is 3.42. The minimum Gasteiger partial charge on any atom is -0.211 e. The Balaban J connectivity index is 2.28. The molecule has 1 heterocycles. The van der Waals surface area contributed by atoms with Crippen LogP contribution < -0.4 is 0 Å². The van der Waals surface area contributed by atoms with Crippen molar-refractivity contribution in [2.75, 3.05) is 0 Å². The monoisotopic (exact) mass is 274 g/mol. The van der Waals surface area contributed by atoms with Crippen molar-refractivity contribution in [3.8, 4) is 23.0 Å². The normalized spacial score (nSPS) is 10.3. The second-order valence-corrected chi connectivity index (χ2v) is 4.96. The lowest BCUT2D eigenvalue weighted by Gasteiger charge is -2.09. The van der Waals surface area contributed by atoms with Gasteiger partial charge < -0.3 is 0 Å². The zero-order valence-electron chi connectivity index (χ0n) is 11.9. The van der Waals surface area contributed by atoms with Gasteiger partial charge in [-0.3, -0.25) is 0 Å². The highest BCUT2D eigenvalue weighted by Crippen LogP contribution is 2.27. The molecule has 1 aromatic heterocycles. The molecule has 0 spiro atoms. The molecular weight excluding hydrogens is 260 g/mol. The highest BCUT2D eigenvalue weighted by molar-refractivity contribution is 5.70. The van der Waals surface area contributed by atoms with Gasteiger partial charge in [0, 0.05) is 5.56 Å². The van der Waals surface area contributed by atoms with Crippen molar-refractivity contribution in [3.05, 3.63) is 65.4 Å². The maximum Gasteiger partial charge on any atom is 0.191 e. The van der Waals surface area contributed by atoms with Crippen molar-refractivity contribution < 1.29 is 0 Å². The molecule has 0 radical (unpaired) electrons. The summed E-state index contributed by atoms with van der Waals surface area (Å²) < 4.78 is 1.73. The summed E-state index contributed by atoms with van der Waals surface area (Å²) in [6.45, 7) is 4.04. The molecule has 0 bridgehead atoms. The molecule has 2 aromatic carbocycles. The lowest BCUT2D eigenvalue weighted by Crippen LogP contribution is -2.01. The molecule has 0 aliphatic carbocycles. The van der Waals surface area contributed by atoms with Gasteiger partial charge in [-0.05, 0) is 37.1 Å². The fourth-order valence-electron chi connectivity index (χ4n) is 2.38. The summed E-state index contributed by atoms with van der Waals surface area (Å²) in [6, 6.07) is 18.1. The molecule has 0 unspecified atom stereocenters. The second-order valence-electron chi connectivity index (χ2n) is 4.96. The van der Waals surface area contributed by atoms with Crippen molar-refractivity contribution >= 4 is 0 Å². The summed E-state index contributed by atoms with van der Waals surface area (Å²) in [4.78, 5) is 0. The van der Waals surface area contributed by atoms with Gasteiger partial charge in [0.05, 0.1) is 5.69 Å². The smallest absolute Gasteiger partial charge is 0.191 e. The van der Waals surface area contributed by atoms with Crippen molar-refractivity contribution in [2.45, 2.75) is 13.8 Å². The van der Waals surface area contributed by atoms with Crippen LogP contribution in [0.4, 0.5) is 0 Å². The van der Waals surface area contributed by atoms with Gasteiger partial charge >= 0.3 is 0 Å². The number of nitrogens with zero attached hydrogens (tertiary/aromatic N) is 4. The first-order valence-corrected chi connectivity index (χ1v) is 6.69. The first-order valence-electron chi connectivity index (χ1n) is 6.69. The Morgan fingerprint density at radius 1 is 1.05 bits per heavy atom. The third-order valence-corrected chi connectivity index (χ3v) is 3.42. The largest absolute Gasteiger partial charge is 0.211 e. The van der Waals surface area contributed by atoms with Gasteiger partial charge in [0.15, 0.2) is 5.69 Å². The zero-order chi connectivity index (χ0) is 14.8. The Morgan fingerprint density at radius 2 is 1.86 bits per heavy atom. The topological polar surface area (TPSA) is 54.5 Å². The summed E-state index contributed by atoms with van der Waals surface area (Å²) in [5, 5.41) is 17.5. The van der Waals surface area contributed by atoms with Crippen LogP contribution in [0.3, 0.4) is 0 Å². The summed E-state index contributed by atoms with van der Waals surface area (Å²) in [6.07, 6.45) is 0. The molecule has 0 aliphatic heterocycles. The van der Waals surface area contributed by atoms with Crippen LogP contribution in [0, 0.1) is 25.2 Å². The van der Waals surface area contributed by atoms with Crippen molar-refractivity contribution in [3.63, 3.8) is 0 Å². The molecule has 0 atom stereocenters. The second kappa shape index (κ2) is 5.22. The van der Waals surface area contributed by atoms with E-state index in [0.717, 1.165) is 28.1 Å². The fraction of sp³-hybridized carbons (Fsp3) is 0.118. The zero-order valence-corrected chi connectivity index (χ0v) is 11.9. The van der Waals surface area contributed by atoms with Crippen LogP contribution >= 0.6 is 0 Å². The summed E-state index contributed by atoms with van der Waals surface area (Å²) in [5.74, 6) is 0. The number of rotatable bonds is 2. The Kier molecular flexibility index (Phi) is 3.25. The molecule has 4 heteroatoms. The van der Waals surface area contributed by atoms with Gasteiger partial charge in [-0.25, -0.2) is 4.68 Å². The number of nitriles is 1. The van der Waals surface area contributed by atoms with E-state index >= 15 is 0 Å². The van der Waals surface area contributed by atoms with Crippen molar-refractivity contribution in [2.24, 2.45) is 0 Å². The third kappa shape index (κ3) is 2.30. The average molecular weight is 274 g/mol. The number of aromatic nitrogens is 3. The van der Waals surface area contributed by atoms with Crippen molar-refractivity contribution in [1.82, 2.24) is 15.0 Å². The van der Waals surface area contributed by atoms with Crippen LogP contribution in [0.5, 0.6) is 0 Å². The highest BCUT2D eigenvalue weighted by Gasteiger charge is 2.17. The Hall–Kier alpha value is -2.93. The fourth-order valence-corrected chi connectivity index (χ4v) is 2.38. The minimum absolute atomic E-state index is 0.339. The van der Waals surface area contributed by atoms with Crippen LogP contribution in [-0.4, -0.2) is 15.0 Å². The van der Waals surface area contributed by atoms with Crippen LogP contribution in [0.25, 0.3) is 16.9 Å². The maximum atomic E-state index is 9.32. The van der Waals surface area contributed by atoms with E-state index in [1.54, 1.807) is 4.68 Å². The van der Waals surface area contributed by atoms with E-state index < -0.39 is 0 Å². The standard InChI is InChI=1S/C17H14N4/c1-12-6-5-8-14(10-12)21-17(16(11-18)19-20-21)15-9-4-3-7-13(15)2/h3-10H,1-2H3. The van der Waals surface area contributed by atoms with E-state index in [-0.39, 0.29) is 0 Å². The van der Waals surface area contributed by atoms with E-state index in [1.165, 1.54) is 0 Å². The minimum atomic E-state index is 0.339. The van der Waals surface area contributed by atoms with E-state index in [9.17, 15) is 5.26 Å². The summed E-state index contributed by atoms with van der Waals surface area (Å²) >= 11 is 0. The quantitative estimate of drug-likeness (QED) is 0.719. The molecule has 4 nitrogen and oxygen atoms in total. The molecule has 0 saturated carbocycles. The van der Waals surface area contributed by atoms with Gasteiger partial charge in [0.25, 0.3) is 0 Å². The van der Waals surface area contributed by atoms with Crippen LogP contribution in [0.15, 0.2) is 48.5 Å². The lowest BCUT2D eigenvalue weighted by atomic mass is 10.0. The van der Waals surface area contributed by atoms with Crippen LogP contribution in [-0.2, 0) is 0 Å². The van der Waals surface area contributed by atoms with Gasteiger partial charge in [0.2, 0.25) is 0 Å². The van der Waals surface area contributed by atoms with E-state index in [4.69, 9.17) is 0 Å². The van der Waals surface area contributed by atoms with Crippen molar-refractivity contribution in [1.29, 1.82) is 5.26 Å². The molecule has 0 saturated heterocycles. The molecular formula is C17H14N4. The highest BCUT2D eigenvalue weighted by atomic mass is 15.4. The van der Waals surface area contributed by atoms with E-state index in [1.807, 2.05) is 62.4 Å².